The molecule has 1 N–H and O–H groups in total. The average molecular weight is 499 g/mol. The van der Waals surface area contributed by atoms with Gasteiger partial charge in [-0.3, -0.25) is 4.79 Å². The number of aryl methyl sites for hydroxylation is 3. The molecule has 0 spiro atoms. The molecular weight excluding hydrogens is 468 g/mol. The van der Waals surface area contributed by atoms with Crippen LogP contribution in [0.15, 0.2) is 65.6 Å². The van der Waals surface area contributed by atoms with Crippen LogP contribution < -0.4 is 5.32 Å². The highest BCUT2D eigenvalue weighted by Crippen LogP contribution is 2.27. The molecule has 0 aliphatic heterocycles. The van der Waals surface area contributed by atoms with Crippen LogP contribution in [-0.4, -0.2) is 25.2 Å². The molecule has 1 amide bonds. The maximum atomic E-state index is 13.8. The molecule has 0 saturated carbocycles. The highest BCUT2D eigenvalue weighted by molar-refractivity contribution is 7.89. The maximum absolute atomic E-state index is 13.8. The van der Waals surface area contributed by atoms with Gasteiger partial charge in [0.15, 0.2) is 0 Å². The normalized spacial score (nSPS) is 11.8. The van der Waals surface area contributed by atoms with Crippen LogP contribution in [0.25, 0.3) is 0 Å². The zero-order valence-corrected chi connectivity index (χ0v) is 21.8. The lowest BCUT2D eigenvalue weighted by atomic mass is 10.0. The zero-order valence-electron chi connectivity index (χ0n) is 20.2. The number of benzene rings is 3. The van der Waals surface area contributed by atoms with Crippen molar-refractivity contribution in [2.24, 2.45) is 0 Å². The molecule has 0 atom stereocenters. The predicted molar refractivity (Wildman–Crippen MR) is 139 cm³/mol. The van der Waals surface area contributed by atoms with Crippen molar-refractivity contribution in [2.45, 2.75) is 52.0 Å². The quantitative estimate of drug-likeness (QED) is 0.401. The van der Waals surface area contributed by atoms with Gasteiger partial charge in [0.25, 0.3) is 0 Å². The molecule has 180 valence electrons. The number of rotatable bonds is 8. The van der Waals surface area contributed by atoms with E-state index in [0.717, 1.165) is 16.7 Å². The molecule has 0 radical (unpaired) electrons. The summed E-state index contributed by atoms with van der Waals surface area (Å²) >= 11 is 6.00. The summed E-state index contributed by atoms with van der Waals surface area (Å²) in [6.07, 6.45) is 0. The molecule has 0 fully saturated rings. The van der Waals surface area contributed by atoms with E-state index in [1.54, 1.807) is 38.1 Å². The van der Waals surface area contributed by atoms with Crippen LogP contribution in [0, 0.1) is 20.8 Å². The number of nitrogens with zero attached hydrogens (tertiary/aromatic N) is 1. The van der Waals surface area contributed by atoms with Gasteiger partial charge in [0.2, 0.25) is 15.9 Å². The van der Waals surface area contributed by atoms with Crippen LogP contribution >= 0.6 is 11.6 Å². The second-order valence-electron chi connectivity index (χ2n) is 8.95. The number of halogens is 1. The van der Waals surface area contributed by atoms with Gasteiger partial charge in [-0.05, 0) is 73.2 Å². The lowest BCUT2D eigenvalue weighted by Crippen LogP contribution is -2.38. The Labute approximate surface area is 207 Å². The summed E-state index contributed by atoms with van der Waals surface area (Å²) in [4.78, 5) is 13.2. The SMILES string of the molecule is Cc1cc(C)c(S(=O)(=O)N(CC(=O)Nc2ccc(C(C)C)cc2)Cc2ccc(Cl)cc2)c(C)c1. The minimum absolute atomic E-state index is 0.0476. The van der Waals surface area contributed by atoms with E-state index in [2.05, 4.69) is 19.2 Å². The van der Waals surface area contributed by atoms with Gasteiger partial charge in [-0.2, -0.15) is 4.31 Å². The van der Waals surface area contributed by atoms with Gasteiger partial charge in [0.05, 0.1) is 11.4 Å². The first-order valence-electron chi connectivity index (χ1n) is 11.2. The Morgan fingerprint density at radius 2 is 1.50 bits per heavy atom. The van der Waals surface area contributed by atoms with E-state index in [4.69, 9.17) is 11.6 Å². The number of hydrogen-bond donors (Lipinski definition) is 1. The van der Waals surface area contributed by atoms with Crippen molar-refractivity contribution < 1.29 is 13.2 Å². The number of sulfonamides is 1. The summed E-state index contributed by atoms with van der Waals surface area (Å²) in [5.41, 5.74) is 4.83. The topological polar surface area (TPSA) is 66.5 Å². The van der Waals surface area contributed by atoms with Crippen molar-refractivity contribution in [2.75, 3.05) is 11.9 Å². The number of amides is 1. The summed E-state index contributed by atoms with van der Waals surface area (Å²) in [5.74, 6) is -0.0250. The van der Waals surface area contributed by atoms with Crippen LogP contribution in [0.4, 0.5) is 5.69 Å². The van der Waals surface area contributed by atoms with E-state index in [9.17, 15) is 13.2 Å². The summed E-state index contributed by atoms with van der Waals surface area (Å²) in [6, 6.07) is 18.2. The van der Waals surface area contributed by atoms with E-state index in [0.29, 0.717) is 27.8 Å². The Kier molecular flexibility index (Phi) is 8.18. The Hall–Kier alpha value is -2.67. The zero-order chi connectivity index (χ0) is 25.0. The van der Waals surface area contributed by atoms with Gasteiger partial charge in [-0.25, -0.2) is 8.42 Å². The third-order valence-corrected chi connectivity index (χ3v) is 8.01. The highest BCUT2D eigenvalue weighted by atomic mass is 35.5. The number of hydrogen-bond acceptors (Lipinski definition) is 3. The molecule has 34 heavy (non-hydrogen) atoms. The van der Waals surface area contributed by atoms with Crippen molar-refractivity contribution in [3.8, 4) is 0 Å². The smallest absolute Gasteiger partial charge is 0.244 e. The first-order chi connectivity index (χ1) is 16.0. The predicted octanol–water partition coefficient (Wildman–Crippen LogP) is 6.22. The molecular formula is C27H31ClN2O3S. The molecule has 0 bridgehead atoms. The standard InChI is InChI=1S/C27H31ClN2O3S/c1-18(2)23-8-12-25(13-9-23)29-26(31)17-30(16-22-6-10-24(28)11-7-22)34(32,33)27-20(4)14-19(3)15-21(27)5/h6-15,18H,16-17H2,1-5H3,(H,29,31). The first-order valence-corrected chi connectivity index (χ1v) is 13.0. The minimum Gasteiger partial charge on any atom is -0.325 e. The molecule has 0 aliphatic carbocycles. The lowest BCUT2D eigenvalue weighted by Gasteiger charge is -2.24. The molecule has 0 heterocycles. The van der Waals surface area contributed by atoms with Gasteiger partial charge < -0.3 is 5.32 Å². The minimum atomic E-state index is -3.95. The fraction of sp³-hybridized carbons (Fsp3) is 0.296. The second kappa shape index (κ2) is 10.7. The fourth-order valence-corrected chi connectivity index (χ4v) is 5.96. The molecule has 3 rings (SSSR count). The molecule has 0 aliphatic rings. The van der Waals surface area contributed by atoms with E-state index < -0.39 is 15.9 Å². The van der Waals surface area contributed by atoms with E-state index in [-0.39, 0.29) is 18.0 Å². The maximum Gasteiger partial charge on any atom is 0.244 e. The van der Waals surface area contributed by atoms with Crippen LogP contribution in [0.5, 0.6) is 0 Å². The van der Waals surface area contributed by atoms with Gasteiger partial charge in [-0.15, -0.1) is 0 Å². The first kappa shape index (κ1) is 25.9. The number of nitrogens with one attached hydrogen (secondary N) is 1. The summed E-state index contributed by atoms with van der Waals surface area (Å²) < 4.78 is 28.8. The Morgan fingerprint density at radius 3 is 2.03 bits per heavy atom. The van der Waals surface area contributed by atoms with Crippen molar-refractivity contribution >= 4 is 33.2 Å². The average Bonchev–Trinajstić information content (AvgIpc) is 2.74. The van der Waals surface area contributed by atoms with Crippen molar-refractivity contribution in [1.82, 2.24) is 4.31 Å². The van der Waals surface area contributed by atoms with Gasteiger partial charge in [0.1, 0.15) is 0 Å². The summed E-state index contributed by atoms with van der Waals surface area (Å²) in [6.45, 7) is 9.42. The summed E-state index contributed by atoms with van der Waals surface area (Å²) in [5, 5.41) is 3.39. The van der Waals surface area contributed by atoms with Crippen molar-refractivity contribution in [3.05, 3.63) is 93.5 Å². The molecule has 0 unspecified atom stereocenters. The Bertz CT molecular complexity index is 1250. The van der Waals surface area contributed by atoms with Crippen molar-refractivity contribution in [1.29, 1.82) is 0 Å². The van der Waals surface area contributed by atoms with E-state index >= 15 is 0 Å². The van der Waals surface area contributed by atoms with Gasteiger partial charge in [0, 0.05) is 17.3 Å². The van der Waals surface area contributed by atoms with Crippen molar-refractivity contribution in [3.63, 3.8) is 0 Å². The largest absolute Gasteiger partial charge is 0.325 e. The van der Waals surface area contributed by atoms with Gasteiger partial charge in [-0.1, -0.05) is 67.4 Å². The highest BCUT2D eigenvalue weighted by Gasteiger charge is 2.30. The molecule has 0 aromatic heterocycles. The molecule has 5 nitrogen and oxygen atoms in total. The molecule has 0 saturated heterocycles. The van der Waals surface area contributed by atoms with Crippen LogP contribution in [0.1, 0.15) is 47.6 Å². The number of carbonyl (C=O) groups is 1. The molecule has 3 aromatic rings. The van der Waals surface area contributed by atoms with E-state index in [1.165, 1.54) is 4.31 Å². The van der Waals surface area contributed by atoms with Gasteiger partial charge >= 0.3 is 0 Å². The number of carbonyl (C=O) groups excluding carboxylic acids is 1. The van der Waals surface area contributed by atoms with Crippen LogP contribution in [-0.2, 0) is 21.4 Å². The molecule has 3 aromatic carbocycles. The lowest BCUT2D eigenvalue weighted by molar-refractivity contribution is -0.116. The fourth-order valence-electron chi connectivity index (χ4n) is 4.03. The Morgan fingerprint density at radius 1 is 0.941 bits per heavy atom. The summed E-state index contributed by atoms with van der Waals surface area (Å²) in [7, 11) is -3.95. The Balaban J connectivity index is 1.92. The third-order valence-electron chi connectivity index (χ3n) is 5.66. The van der Waals surface area contributed by atoms with Crippen LogP contribution in [0.2, 0.25) is 5.02 Å². The van der Waals surface area contributed by atoms with Crippen LogP contribution in [0.3, 0.4) is 0 Å². The monoisotopic (exact) mass is 498 g/mol. The second-order valence-corrected chi connectivity index (χ2v) is 11.3. The molecule has 7 heteroatoms. The van der Waals surface area contributed by atoms with E-state index in [1.807, 2.05) is 43.3 Å². The number of anilines is 1. The third kappa shape index (κ3) is 6.26.